The van der Waals surface area contributed by atoms with E-state index in [0.29, 0.717) is 18.3 Å². The monoisotopic (exact) mass is 438 g/mol. The molecule has 0 saturated heterocycles. The summed E-state index contributed by atoms with van der Waals surface area (Å²) in [5.74, 6) is 0.953. The number of nitrogens with one attached hydrogen (secondary N) is 1. The first-order chi connectivity index (χ1) is 14.8. The predicted molar refractivity (Wildman–Crippen MR) is 127 cm³/mol. The molecule has 3 aromatic rings. The van der Waals surface area contributed by atoms with E-state index in [9.17, 15) is 4.79 Å². The van der Waals surface area contributed by atoms with E-state index in [0.717, 1.165) is 22.6 Å². The van der Waals surface area contributed by atoms with Crippen LogP contribution in [0.3, 0.4) is 0 Å². The van der Waals surface area contributed by atoms with Crippen molar-refractivity contribution in [2.45, 2.75) is 44.8 Å². The van der Waals surface area contributed by atoms with Gasteiger partial charge in [0.1, 0.15) is 0 Å². The Hall–Kier alpha value is -2.64. The van der Waals surface area contributed by atoms with E-state index < -0.39 is 0 Å². The highest BCUT2D eigenvalue weighted by Crippen LogP contribution is 2.28. The third kappa shape index (κ3) is 6.18. The van der Waals surface area contributed by atoms with Gasteiger partial charge in [-0.2, -0.15) is 0 Å². The SMILES string of the molecule is COCCn1c(SCC(=O)Nc2cccc(C)c2)nnc1-c1ccc(C(C)(C)C)cc1. The Kier molecular flexibility index (Phi) is 7.51. The second-order valence-electron chi connectivity index (χ2n) is 8.48. The average Bonchev–Trinajstić information content (AvgIpc) is 3.13. The van der Waals surface area contributed by atoms with Crippen LogP contribution in [-0.4, -0.2) is 40.1 Å². The van der Waals surface area contributed by atoms with Crippen LogP contribution in [0.1, 0.15) is 31.9 Å². The standard InChI is InChI=1S/C24H30N4O2S/c1-17-7-6-8-20(15-17)25-21(29)16-31-23-27-26-22(28(23)13-14-30-5)18-9-11-19(12-10-18)24(2,3)4/h6-12,15H,13-14,16H2,1-5H3,(H,25,29). The molecule has 1 N–H and O–H groups in total. The number of hydrogen-bond acceptors (Lipinski definition) is 5. The molecule has 0 unspecified atom stereocenters. The van der Waals surface area contributed by atoms with Gasteiger partial charge in [-0.3, -0.25) is 9.36 Å². The molecule has 3 rings (SSSR count). The van der Waals surface area contributed by atoms with E-state index in [4.69, 9.17) is 4.74 Å². The Morgan fingerprint density at radius 2 is 1.87 bits per heavy atom. The molecule has 1 amide bonds. The zero-order valence-electron chi connectivity index (χ0n) is 18.8. The Bertz CT molecular complexity index is 1020. The van der Waals surface area contributed by atoms with Crippen molar-refractivity contribution in [2.75, 3.05) is 24.8 Å². The molecule has 0 aliphatic heterocycles. The summed E-state index contributed by atoms with van der Waals surface area (Å²) in [6, 6.07) is 16.2. The van der Waals surface area contributed by atoms with Crippen molar-refractivity contribution in [3.63, 3.8) is 0 Å². The number of hydrogen-bond donors (Lipinski definition) is 1. The maximum atomic E-state index is 12.4. The van der Waals surface area contributed by atoms with E-state index in [-0.39, 0.29) is 17.1 Å². The smallest absolute Gasteiger partial charge is 0.234 e. The van der Waals surface area contributed by atoms with E-state index in [1.807, 2.05) is 35.8 Å². The maximum absolute atomic E-state index is 12.4. The topological polar surface area (TPSA) is 69.0 Å². The third-order valence-corrected chi connectivity index (χ3v) is 5.85. The van der Waals surface area contributed by atoms with Gasteiger partial charge in [0.25, 0.3) is 0 Å². The largest absolute Gasteiger partial charge is 0.383 e. The molecule has 0 spiro atoms. The van der Waals surface area contributed by atoms with Gasteiger partial charge in [-0.05, 0) is 35.6 Å². The summed E-state index contributed by atoms with van der Waals surface area (Å²) in [4.78, 5) is 12.4. The Balaban J connectivity index is 1.75. The van der Waals surface area contributed by atoms with Gasteiger partial charge >= 0.3 is 0 Å². The van der Waals surface area contributed by atoms with Crippen LogP contribution in [0.4, 0.5) is 5.69 Å². The highest BCUT2D eigenvalue weighted by molar-refractivity contribution is 7.99. The number of nitrogens with zero attached hydrogens (tertiary/aromatic N) is 3. The van der Waals surface area contributed by atoms with Gasteiger partial charge in [0.15, 0.2) is 11.0 Å². The number of thioether (sulfide) groups is 1. The summed E-state index contributed by atoms with van der Waals surface area (Å²) in [5, 5.41) is 12.4. The quantitative estimate of drug-likeness (QED) is 0.505. The molecule has 1 heterocycles. The molecule has 0 aliphatic carbocycles. The normalized spacial score (nSPS) is 11.5. The lowest BCUT2D eigenvalue weighted by Gasteiger charge is -2.19. The van der Waals surface area contributed by atoms with Crippen molar-refractivity contribution in [3.05, 3.63) is 59.7 Å². The molecule has 6 nitrogen and oxygen atoms in total. The zero-order valence-corrected chi connectivity index (χ0v) is 19.6. The molecule has 1 aromatic heterocycles. The van der Waals surface area contributed by atoms with Crippen LogP contribution in [-0.2, 0) is 21.5 Å². The highest BCUT2D eigenvalue weighted by atomic mass is 32.2. The summed E-state index contributed by atoms with van der Waals surface area (Å²) in [6.07, 6.45) is 0. The van der Waals surface area contributed by atoms with E-state index in [1.165, 1.54) is 17.3 Å². The van der Waals surface area contributed by atoms with Gasteiger partial charge in [0, 0.05) is 18.4 Å². The molecule has 2 aromatic carbocycles. The number of aromatic nitrogens is 3. The first-order valence-corrected chi connectivity index (χ1v) is 11.3. The minimum absolute atomic E-state index is 0.0760. The van der Waals surface area contributed by atoms with Gasteiger partial charge in [-0.15, -0.1) is 10.2 Å². The fourth-order valence-electron chi connectivity index (χ4n) is 3.16. The molecule has 164 valence electrons. The lowest BCUT2D eigenvalue weighted by Crippen LogP contribution is -2.15. The minimum Gasteiger partial charge on any atom is -0.383 e. The molecule has 0 radical (unpaired) electrons. The van der Waals surface area contributed by atoms with Crippen LogP contribution in [0, 0.1) is 6.92 Å². The van der Waals surface area contributed by atoms with Crippen LogP contribution in [0.25, 0.3) is 11.4 Å². The van der Waals surface area contributed by atoms with Gasteiger partial charge in [-0.1, -0.05) is 68.9 Å². The van der Waals surface area contributed by atoms with E-state index >= 15 is 0 Å². The third-order valence-electron chi connectivity index (χ3n) is 4.88. The summed E-state index contributed by atoms with van der Waals surface area (Å²) >= 11 is 1.37. The van der Waals surface area contributed by atoms with Crippen LogP contribution in [0.5, 0.6) is 0 Å². The molecule has 0 fully saturated rings. The first kappa shape index (κ1) is 23.0. The fraction of sp³-hybridized carbons (Fsp3) is 0.375. The first-order valence-electron chi connectivity index (χ1n) is 10.3. The van der Waals surface area contributed by atoms with E-state index in [2.05, 4.69) is 60.6 Å². The van der Waals surface area contributed by atoms with Crippen molar-refractivity contribution in [1.82, 2.24) is 14.8 Å². The minimum atomic E-state index is -0.0760. The molecule has 0 saturated carbocycles. The molecular weight excluding hydrogens is 408 g/mol. The van der Waals surface area contributed by atoms with Crippen LogP contribution >= 0.6 is 11.8 Å². The molecule has 0 atom stereocenters. The summed E-state index contributed by atoms with van der Waals surface area (Å²) in [7, 11) is 1.67. The maximum Gasteiger partial charge on any atom is 0.234 e. The second-order valence-corrected chi connectivity index (χ2v) is 9.43. The molecule has 31 heavy (non-hydrogen) atoms. The van der Waals surface area contributed by atoms with Gasteiger partial charge in [0.05, 0.1) is 18.9 Å². The molecule has 0 bridgehead atoms. The highest BCUT2D eigenvalue weighted by Gasteiger charge is 2.18. The lowest BCUT2D eigenvalue weighted by atomic mass is 9.87. The number of benzene rings is 2. The predicted octanol–water partition coefficient (Wildman–Crippen LogP) is 4.93. The second kappa shape index (κ2) is 10.1. The van der Waals surface area contributed by atoms with Crippen molar-refractivity contribution >= 4 is 23.4 Å². The summed E-state index contributed by atoms with van der Waals surface area (Å²) in [5.41, 5.74) is 4.25. The molecule has 0 aliphatic rings. The van der Waals surface area contributed by atoms with Crippen LogP contribution in [0.2, 0.25) is 0 Å². The fourth-order valence-corrected chi connectivity index (χ4v) is 3.93. The van der Waals surface area contributed by atoms with Crippen LogP contribution < -0.4 is 5.32 Å². The lowest BCUT2D eigenvalue weighted by molar-refractivity contribution is -0.113. The van der Waals surface area contributed by atoms with E-state index in [1.54, 1.807) is 7.11 Å². The van der Waals surface area contributed by atoms with Gasteiger partial charge in [0.2, 0.25) is 5.91 Å². The summed E-state index contributed by atoms with van der Waals surface area (Å²) < 4.78 is 7.29. The van der Waals surface area contributed by atoms with Gasteiger partial charge < -0.3 is 10.1 Å². The number of ether oxygens (including phenoxy) is 1. The van der Waals surface area contributed by atoms with Crippen molar-refractivity contribution in [1.29, 1.82) is 0 Å². The number of carbonyl (C=O) groups is 1. The number of methoxy groups -OCH3 is 1. The Morgan fingerprint density at radius 1 is 1.13 bits per heavy atom. The van der Waals surface area contributed by atoms with Crippen molar-refractivity contribution in [2.24, 2.45) is 0 Å². The van der Waals surface area contributed by atoms with Crippen molar-refractivity contribution < 1.29 is 9.53 Å². The number of rotatable bonds is 8. The number of aryl methyl sites for hydroxylation is 1. The number of amides is 1. The zero-order chi connectivity index (χ0) is 22.4. The molecular formula is C24H30N4O2S. The summed E-state index contributed by atoms with van der Waals surface area (Å²) in [6.45, 7) is 9.73. The Labute approximate surface area is 188 Å². The number of carbonyl (C=O) groups excluding carboxylic acids is 1. The Morgan fingerprint density at radius 3 is 2.52 bits per heavy atom. The van der Waals surface area contributed by atoms with Gasteiger partial charge in [-0.25, -0.2) is 0 Å². The van der Waals surface area contributed by atoms with Crippen molar-refractivity contribution in [3.8, 4) is 11.4 Å². The number of anilines is 1. The van der Waals surface area contributed by atoms with Crippen LogP contribution in [0.15, 0.2) is 53.7 Å². The molecule has 7 heteroatoms. The average molecular weight is 439 g/mol.